The van der Waals surface area contributed by atoms with Crippen LogP contribution in [0.5, 0.6) is 0 Å². The van der Waals surface area contributed by atoms with E-state index in [-0.39, 0.29) is 11.9 Å². The number of carbonyl (C=O) groups is 1. The number of amides is 1. The molecule has 2 aromatic rings. The van der Waals surface area contributed by atoms with Crippen molar-refractivity contribution >= 4 is 17.2 Å². The molecule has 3 rings (SSSR count). The van der Waals surface area contributed by atoms with Crippen LogP contribution in [0.25, 0.3) is 0 Å². The third-order valence-electron chi connectivity index (χ3n) is 4.82. The maximum Gasteiger partial charge on any atom is 0.261 e. The molecule has 26 heavy (non-hydrogen) atoms. The molecule has 1 amide bonds. The highest BCUT2D eigenvalue weighted by Gasteiger charge is 2.22. The molecule has 1 aromatic carbocycles. The average molecular weight is 373 g/mol. The Kier molecular flexibility index (Phi) is 6.83. The fraction of sp³-hybridized carbons (Fsp3) is 0.476. The number of ether oxygens (including phenoxy) is 1. The summed E-state index contributed by atoms with van der Waals surface area (Å²) in [5.74, 6) is 0.0302. The second kappa shape index (κ2) is 9.31. The minimum absolute atomic E-state index is 0.0150. The van der Waals surface area contributed by atoms with Crippen molar-refractivity contribution < 1.29 is 9.53 Å². The first-order valence-electron chi connectivity index (χ1n) is 9.42. The maximum absolute atomic E-state index is 12.9. The highest BCUT2D eigenvalue weighted by molar-refractivity contribution is 7.14. The third-order valence-corrected chi connectivity index (χ3v) is 5.91. The van der Waals surface area contributed by atoms with Gasteiger partial charge in [-0.05, 0) is 30.5 Å². The lowest BCUT2D eigenvalue weighted by Gasteiger charge is -2.31. The molecule has 0 radical (unpaired) electrons. The molecular weight excluding hydrogens is 344 g/mol. The molecule has 1 saturated heterocycles. The first-order valence-corrected chi connectivity index (χ1v) is 10.2. The molecule has 1 aliphatic heterocycles. The highest BCUT2D eigenvalue weighted by Crippen LogP contribution is 2.24. The van der Waals surface area contributed by atoms with Crippen molar-refractivity contribution in [2.45, 2.75) is 32.7 Å². The Morgan fingerprint density at radius 2 is 2.00 bits per heavy atom. The smallest absolute Gasteiger partial charge is 0.261 e. The fourth-order valence-electron chi connectivity index (χ4n) is 3.34. The van der Waals surface area contributed by atoms with Crippen LogP contribution in [-0.2, 0) is 11.2 Å². The molecule has 0 aliphatic carbocycles. The highest BCUT2D eigenvalue weighted by atomic mass is 32.1. The molecule has 1 aromatic heterocycles. The lowest BCUT2D eigenvalue weighted by Crippen LogP contribution is -2.43. The van der Waals surface area contributed by atoms with Gasteiger partial charge in [0.1, 0.15) is 0 Å². The Balaban J connectivity index is 1.74. The summed E-state index contributed by atoms with van der Waals surface area (Å²) in [6, 6.07) is 12.3. The first kappa shape index (κ1) is 19.1. The molecule has 0 spiro atoms. The van der Waals surface area contributed by atoms with Crippen molar-refractivity contribution in [3.05, 3.63) is 57.3 Å². The van der Waals surface area contributed by atoms with Gasteiger partial charge in [-0.15, -0.1) is 11.3 Å². The van der Waals surface area contributed by atoms with Gasteiger partial charge in [-0.2, -0.15) is 0 Å². The van der Waals surface area contributed by atoms with Crippen LogP contribution >= 0.6 is 11.3 Å². The van der Waals surface area contributed by atoms with Gasteiger partial charge in [-0.1, -0.05) is 43.7 Å². The number of aryl methyl sites for hydroxylation is 2. The molecule has 2 heterocycles. The lowest BCUT2D eigenvalue weighted by atomic mass is 10.1. The summed E-state index contributed by atoms with van der Waals surface area (Å²) in [6.45, 7) is 8.45. The topological polar surface area (TPSA) is 41.6 Å². The number of benzene rings is 1. The zero-order valence-corrected chi connectivity index (χ0v) is 16.5. The SMILES string of the molecule is CCCc1cc(C(=O)NC(CN2CCOCC2)c2ccccc2)sc1C. The van der Waals surface area contributed by atoms with Crippen LogP contribution in [0.15, 0.2) is 36.4 Å². The van der Waals surface area contributed by atoms with E-state index in [0.29, 0.717) is 0 Å². The summed E-state index contributed by atoms with van der Waals surface area (Å²) in [5.41, 5.74) is 2.45. The summed E-state index contributed by atoms with van der Waals surface area (Å²) in [4.78, 5) is 17.3. The van der Waals surface area contributed by atoms with Gasteiger partial charge >= 0.3 is 0 Å². The van der Waals surface area contributed by atoms with Gasteiger partial charge < -0.3 is 10.1 Å². The minimum atomic E-state index is -0.0150. The van der Waals surface area contributed by atoms with E-state index in [0.717, 1.165) is 56.1 Å². The Morgan fingerprint density at radius 3 is 2.69 bits per heavy atom. The molecule has 1 unspecified atom stereocenters. The number of hydrogen-bond acceptors (Lipinski definition) is 4. The predicted octanol–water partition coefficient (Wildman–Crippen LogP) is 3.81. The summed E-state index contributed by atoms with van der Waals surface area (Å²) in [5, 5.41) is 3.27. The van der Waals surface area contributed by atoms with Gasteiger partial charge in [0, 0.05) is 24.5 Å². The van der Waals surface area contributed by atoms with Gasteiger partial charge in [0.2, 0.25) is 0 Å². The Hall–Kier alpha value is -1.69. The zero-order chi connectivity index (χ0) is 18.4. The quantitative estimate of drug-likeness (QED) is 0.803. The molecule has 1 N–H and O–H groups in total. The van der Waals surface area contributed by atoms with Gasteiger partial charge in [-0.3, -0.25) is 9.69 Å². The maximum atomic E-state index is 12.9. The summed E-state index contributed by atoms with van der Waals surface area (Å²) in [7, 11) is 0. The van der Waals surface area contributed by atoms with E-state index in [1.807, 2.05) is 18.2 Å². The van der Waals surface area contributed by atoms with Crippen molar-refractivity contribution in [2.75, 3.05) is 32.8 Å². The van der Waals surface area contributed by atoms with Crippen molar-refractivity contribution in [3.8, 4) is 0 Å². The van der Waals surface area contributed by atoms with Crippen LogP contribution in [-0.4, -0.2) is 43.7 Å². The monoisotopic (exact) mass is 372 g/mol. The summed E-state index contributed by atoms with van der Waals surface area (Å²) < 4.78 is 5.45. The molecular formula is C21H28N2O2S. The van der Waals surface area contributed by atoms with E-state index in [9.17, 15) is 4.79 Å². The largest absolute Gasteiger partial charge is 0.379 e. The zero-order valence-electron chi connectivity index (χ0n) is 15.7. The summed E-state index contributed by atoms with van der Waals surface area (Å²) in [6.07, 6.45) is 2.13. The van der Waals surface area contributed by atoms with Crippen LogP contribution < -0.4 is 5.32 Å². The van der Waals surface area contributed by atoms with Gasteiger partial charge in [-0.25, -0.2) is 0 Å². The first-order chi connectivity index (χ1) is 12.7. The van der Waals surface area contributed by atoms with E-state index >= 15 is 0 Å². The predicted molar refractivity (Wildman–Crippen MR) is 107 cm³/mol. The molecule has 1 fully saturated rings. The second-order valence-corrected chi connectivity index (χ2v) is 8.05. The van der Waals surface area contributed by atoms with Crippen LogP contribution in [0.1, 0.15) is 45.1 Å². The lowest BCUT2D eigenvalue weighted by molar-refractivity contribution is 0.0332. The van der Waals surface area contributed by atoms with E-state index in [1.54, 1.807) is 11.3 Å². The number of hydrogen-bond donors (Lipinski definition) is 1. The number of morpholine rings is 1. The number of nitrogens with one attached hydrogen (secondary N) is 1. The fourth-order valence-corrected chi connectivity index (χ4v) is 4.32. The molecule has 0 saturated carbocycles. The number of nitrogens with zero attached hydrogens (tertiary/aromatic N) is 1. The standard InChI is InChI=1S/C21H28N2O2S/c1-3-7-18-14-20(26-16(18)2)21(24)22-19(17-8-5-4-6-9-17)15-23-10-12-25-13-11-23/h4-6,8-9,14,19H,3,7,10-13,15H2,1-2H3,(H,22,24). The van der Waals surface area contributed by atoms with E-state index in [4.69, 9.17) is 4.74 Å². The minimum Gasteiger partial charge on any atom is -0.379 e. The van der Waals surface area contributed by atoms with Gasteiger partial charge in [0.25, 0.3) is 5.91 Å². The normalized spacial score (nSPS) is 16.4. The third kappa shape index (κ3) is 4.93. The van der Waals surface area contributed by atoms with Crippen LogP contribution in [0.4, 0.5) is 0 Å². The number of rotatable bonds is 7. The molecule has 1 aliphatic rings. The molecule has 0 bridgehead atoms. The van der Waals surface area contributed by atoms with Crippen LogP contribution in [0.2, 0.25) is 0 Å². The molecule has 4 nitrogen and oxygen atoms in total. The number of thiophene rings is 1. The number of carbonyl (C=O) groups excluding carboxylic acids is 1. The van der Waals surface area contributed by atoms with Crippen molar-refractivity contribution in [2.24, 2.45) is 0 Å². The average Bonchev–Trinajstić information content (AvgIpc) is 3.04. The van der Waals surface area contributed by atoms with Gasteiger partial charge in [0.05, 0.1) is 24.1 Å². The van der Waals surface area contributed by atoms with Gasteiger partial charge in [0.15, 0.2) is 0 Å². The summed E-state index contributed by atoms with van der Waals surface area (Å²) >= 11 is 1.60. The Bertz CT molecular complexity index is 708. The molecule has 1 atom stereocenters. The Labute approximate surface area is 160 Å². The molecule has 5 heteroatoms. The van der Waals surface area contributed by atoms with E-state index in [1.165, 1.54) is 10.4 Å². The van der Waals surface area contributed by atoms with E-state index in [2.05, 4.69) is 42.3 Å². The van der Waals surface area contributed by atoms with Crippen LogP contribution in [0.3, 0.4) is 0 Å². The van der Waals surface area contributed by atoms with Crippen molar-refractivity contribution in [3.63, 3.8) is 0 Å². The second-order valence-electron chi connectivity index (χ2n) is 6.79. The van der Waals surface area contributed by atoms with Crippen LogP contribution in [0, 0.1) is 6.92 Å². The molecule has 140 valence electrons. The Morgan fingerprint density at radius 1 is 1.27 bits per heavy atom. The van der Waals surface area contributed by atoms with Crippen molar-refractivity contribution in [1.29, 1.82) is 0 Å². The van der Waals surface area contributed by atoms with E-state index < -0.39 is 0 Å². The van der Waals surface area contributed by atoms with Crippen molar-refractivity contribution in [1.82, 2.24) is 10.2 Å².